The van der Waals surface area contributed by atoms with Gasteiger partial charge in [0.05, 0.1) is 11.7 Å². The van der Waals surface area contributed by atoms with Crippen molar-refractivity contribution in [2.24, 2.45) is 0 Å². The lowest BCUT2D eigenvalue weighted by Gasteiger charge is -2.36. The maximum atomic E-state index is 13.2. The van der Waals surface area contributed by atoms with Crippen LogP contribution >= 0.6 is 0 Å². The number of anilines is 1. The fourth-order valence-electron chi connectivity index (χ4n) is 2.83. The Kier molecular flexibility index (Phi) is 2.91. The molecule has 1 fully saturated rings. The summed E-state index contributed by atoms with van der Waals surface area (Å²) in [6, 6.07) is 5.14. The molecule has 3 heteroatoms. The van der Waals surface area contributed by atoms with Crippen molar-refractivity contribution in [3.63, 3.8) is 0 Å². The smallest absolute Gasteiger partial charge is 0.145 e. The van der Waals surface area contributed by atoms with E-state index in [9.17, 15) is 4.39 Å². The van der Waals surface area contributed by atoms with Gasteiger partial charge in [0.25, 0.3) is 0 Å². The number of ether oxygens (including phenoxy) is 1. The number of fused-ring (bicyclic) bond motifs is 2. The summed E-state index contributed by atoms with van der Waals surface area (Å²) < 4.78 is 19.1. The number of hydrogen-bond acceptors (Lipinski definition) is 2. The van der Waals surface area contributed by atoms with Gasteiger partial charge in [-0.2, -0.15) is 0 Å². The van der Waals surface area contributed by atoms with Crippen LogP contribution in [0.2, 0.25) is 0 Å². The molecule has 1 aromatic carbocycles. The van der Waals surface area contributed by atoms with Crippen LogP contribution in [-0.2, 0) is 0 Å². The quantitative estimate of drug-likeness (QED) is 0.740. The van der Waals surface area contributed by atoms with E-state index in [1.807, 2.05) is 0 Å². The lowest BCUT2D eigenvalue weighted by Crippen LogP contribution is -2.42. The van der Waals surface area contributed by atoms with Crippen molar-refractivity contribution in [1.29, 1.82) is 0 Å². The zero-order valence-corrected chi connectivity index (χ0v) is 9.92. The zero-order valence-electron chi connectivity index (χ0n) is 9.92. The predicted octanol–water partition coefficient (Wildman–Crippen LogP) is 3.72. The van der Waals surface area contributed by atoms with E-state index < -0.39 is 0 Å². The number of benzene rings is 1. The summed E-state index contributed by atoms with van der Waals surface area (Å²) in [6.45, 7) is 0. The average Bonchev–Trinajstić information content (AvgIpc) is 2.29. The second-order valence-corrected chi connectivity index (χ2v) is 5.04. The first kappa shape index (κ1) is 10.9. The van der Waals surface area contributed by atoms with Crippen LogP contribution in [0.25, 0.3) is 0 Å². The minimum atomic E-state index is -0.227. The molecule has 0 saturated heterocycles. The lowest BCUT2D eigenvalue weighted by molar-refractivity contribution is 0.143. The highest BCUT2D eigenvalue weighted by Crippen LogP contribution is 2.35. The van der Waals surface area contributed by atoms with Gasteiger partial charge in [-0.25, -0.2) is 4.39 Å². The molecule has 2 aliphatic rings. The van der Waals surface area contributed by atoms with Crippen LogP contribution in [-0.4, -0.2) is 12.1 Å². The van der Waals surface area contributed by atoms with Crippen LogP contribution in [0.1, 0.15) is 38.5 Å². The molecule has 17 heavy (non-hydrogen) atoms. The number of hydrogen-bond donors (Lipinski definition) is 1. The molecular formula is C14H18FNO. The molecule has 1 N–H and O–H groups in total. The summed E-state index contributed by atoms with van der Waals surface area (Å²) in [7, 11) is 0. The second-order valence-electron chi connectivity index (χ2n) is 5.04. The molecule has 0 spiro atoms. The number of rotatable bonds is 0. The molecule has 1 aliphatic carbocycles. The minimum absolute atomic E-state index is 0.213. The Morgan fingerprint density at radius 1 is 1.12 bits per heavy atom. The van der Waals surface area contributed by atoms with Crippen molar-refractivity contribution in [2.45, 2.75) is 50.7 Å². The molecule has 0 aromatic heterocycles. The Morgan fingerprint density at radius 2 is 1.94 bits per heavy atom. The molecule has 0 radical (unpaired) electrons. The van der Waals surface area contributed by atoms with Gasteiger partial charge in [-0.05, 0) is 31.4 Å². The standard InChI is InChI=1S/C14H18FNO/c15-10-7-8-12-14(9-10)17-13-6-4-2-1-3-5-11(13)16-12/h7-9,11,13,16H,1-6H2. The third-order valence-electron chi connectivity index (χ3n) is 3.77. The molecule has 0 amide bonds. The van der Waals surface area contributed by atoms with Crippen LogP contribution in [0.15, 0.2) is 18.2 Å². The van der Waals surface area contributed by atoms with Gasteiger partial charge in [0.1, 0.15) is 17.7 Å². The third-order valence-corrected chi connectivity index (χ3v) is 3.77. The number of nitrogens with one attached hydrogen (secondary N) is 1. The van der Waals surface area contributed by atoms with E-state index in [1.54, 1.807) is 6.07 Å². The minimum Gasteiger partial charge on any atom is -0.486 e. The van der Waals surface area contributed by atoms with Crippen LogP contribution < -0.4 is 10.1 Å². The molecule has 2 nitrogen and oxygen atoms in total. The highest BCUT2D eigenvalue weighted by Gasteiger charge is 2.29. The van der Waals surface area contributed by atoms with Gasteiger partial charge in [0, 0.05) is 6.07 Å². The topological polar surface area (TPSA) is 21.3 Å². The molecule has 1 aliphatic heterocycles. The molecule has 2 unspecified atom stereocenters. The number of halogens is 1. The molecule has 2 atom stereocenters. The molecule has 1 saturated carbocycles. The Balaban J connectivity index is 1.84. The molecule has 92 valence electrons. The van der Waals surface area contributed by atoms with Gasteiger partial charge in [-0.1, -0.05) is 19.3 Å². The molecule has 0 bridgehead atoms. The Morgan fingerprint density at radius 3 is 2.82 bits per heavy atom. The lowest BCUT2D eigenvalue weighted by atomic mass is 9.93. The van der Waals surface area contributed by atoms with Crippen LogP contribution in [0.4, 0.5) is 10.1 Å². The van der Waals surface area contributed by atoms with E-state index in [1.165, 1.54) is 37.8 Å². The molecule has 1 heterocycles. The summed E-state index contributed by atoms with van der Waals surface area (Å²) in [6.07, 6.45) is 7.53. The van der Waals surface area contributed by atoms with Crippen molar-refractivity contribution >= 4 is 5.69 Å². The Labute approximate surface area is 101 Å². The largest absolute Gasteiger partial charge is 0.486 e. The average molecular weight is 235 g/mol. The van der Waals surface area contributed by atoms with Crippen molar-refractivity contribution < 1.29 is 9.13 Å². The van der Waals surface area contributed by atoms with Gasteiger partial charge >= 0.3 is 0 Å². The van der Waals surface area contributed by atoms with Crippen molar-refractivity contribution in [3.05, 3.63) is 24.0 Å². The Hall–Kier alpha value is -1.25. The zero-order chi connectivity index (χ0) is 11.7. The summed E-state index contributed by atoms with van der Waals surface area (Å²) in [5.41, 5.74) is 0.938. The maximum absolute atomic E-state index is 13.2. The summed E-state index contributed by atoms with van der Waals surface area (Å²) >= 11 is 0. The van der Waals surface area contributed by atoms with Gasteiger partial charge in [0.15, 0.2) is 0 Å². The van der Waals surface area contributed by atoms with E-state index in [2.05, 4.69) is 5.32 Å². The fourth-order valence-corrected chi connectivity index (χ4v) is 2.83. The Bertz CT molecular complexity index is 407. The first-order valence-electron chi connectivity index (χ1n) is 6.56. The van der Waals surface area contributed by atoms with E-state index in [-0.39, 0.29) is 11.9 Å². The second kappa shape index (κ2) is 4.55. The van der Waals surface area contributed by atoms with Crippen LogP contribution in [0, 0.1) is 5.82 Å². The highest BCUT2D eigenvalue weighted by atomic mass is 19.1. The van der Waals surface area contributed by atoms with Crippen molar-refractivity contribution in [3.8, 4) is 5.75 Å². The molecule has 1 aromatic rings. The summed E-state index contributed by atoms with van der Waals surface area (Å²) in [5.74, 6) is 0.446. The SMILES string of the molecule is Fc1ccc2c(c1)OC1CCCCCCC1N2. The fraction of sp³-hybridized carbons (Fsp3) is 0.571. The van der Waals surface area contributed by atoms with Gasteiger partial charge in [-0.15, -0.1) is 0 Å². The van der Waals surface area contributed by atoms with Crippen molar-refractivity contribution in [2.75, 3.05) is 5.32 Å². The van der Waals surface area contributed by atoms with Gasteiger partial charge in [0.2, 0.25) is 0 Å². The maximum Gasteiger partial charge on any atom is 0.145 e. The summed E-state index contributed by atoms with van der Waals surface area (Å²) in [5, 5.41) is 3.50. The van der Waals surface area contributed by atoms with E-state index in [4.69, 9.17) is 4.74 Å². The van der Waals surface area contributed by atoms with E-state index in [0.717, 1.165) is 18.5 Å². The van der Waals surface area contributed by atoms with Gasteiger partial charge < -0.3 is 10.1 Å². The molecule has 3 rings (SSSR count). The van der Waals surface area contributed by atoms with Crippen LogP contribution in [0.3, 0.4) is 0 Å². The summed E-state index contributed by atoms with van der Waals surface area (Å²) in [4.78, 5) is 0. The van der Waals surface area contributed by atoms with Crippen molar-refractivity contribution in [1.82, 2.24) is 0 Å². The van der Waals surface area contributed by atoms with E-state index in [0.29, 0.717) is 11.8 Å². The normalized spacial score (nSPS) is 27.8. The monoisotopic (exact) mass is 235 g/mol. The first-order chi connectivity index (χ1) is 8.33. The molecular weight excluding hydrogens is 217 g/mol. The van der Waals surface area contributed by atoms with E-state index >= 15 is 0 Å². The van der Waals surface area contributed by atoms with Crippen LogP contribution in [0.5, 0.6) is 5.75 Å². The first-order valence-corrected chi connectivity index (χ1v) is 6.56. The predicted molar refractivity (Wildman–Crippen MR) is 65.9 cm³/mol. The third kappa shape index (κ3) is 2.24. The highest BCUT2D eigenvalue weighted by molar-refractivity contribution is 5.58. The van der Waals surface area contributed by atoms with Gasteiger partial charge in [-0.3, -0.25) is 0 Å².